The molecule has 0 atom stereocenters. The summed E-state index contributed by atoms with van der Waals surface area (Å²) in [7, 11) is 0. The van der Waals surface area contributed by atoms with Gasteiger partial charge in [-0.2, -0.15) is 5.26 Å². The van der Waals surface area contributed by atoms with Crippen LogP contribution in [-0.4, -0.2) is 29.2 Å². The number of aliphatic hydroxyl groups is 1. The molecule has 1 aromatic carbocycles. The van der Waals surface area contributed by atoms with Crippen LogP contribution in [-0.2, 0) is 0 Å². The minimum atomic E-state index is -0.542. The van der Waals surface area contributed by atoms with Crippen molar-refractivity contribution in [1.29, 1.82) is 5.26 Å². The largest absolute Gasteiger partial charge is 0.395 e. The van der Waals surface area contributed by atoms with Crippen LogP contribution in [0.15, 0.2) is 18.2 Å². The molecule has 100 valence electrons. The molecule has 2 rings (SSSR count). The molecule has 6 nitrogen and oxygen atoms in total. The Balaban J connectivity index is 2.34. The third-order valence-electron chi connectivity index (χ3n) is 3.49. The molecule has 0 saturated heterocycles. The van der Waals surface area contributed by atoms with Gasteiger partial charge in [0.15, 0.2) is 0 Å². The summed E-state index contributed by atoms with van der Waals surface area (Å²) in [5.74, 6) is 0. The second kappa shape index (κ2) is 5.67. The fourth-order valence-electron chi connectivity index (χ4n) is 2.27. The summed E-state index contributed by atoms with van der Waals surface area (Å²) < 4.78 is 0. The van der Waals surface area contributed by atoms with Crippen molar-refractivity contribution in [2.45, 2.75) is 25.3 Å². The van der Waals surface area contributed by atoms with Crippen LogP contribution in [0.2, 0.25) is 0 Å². The van der Waals surface area contributed by atoms with Crippen molar-refractivity contribution in [2.75, 3.05) is 18.1 Å². The molecular weight excluding hydrogens is 246 g/mol. The van der Waals surface area contributed by atoms with Crippen molar-refractivity contribution in [3.8, 4) is 6.07 Å². The number of anilines is 1. The third-order valence-corrected chi connectivity index (χ3v) is 3.49. The summed E-state index contributed by atoms with van der Waals surface area (Å²) in [6, 6.07) is 6.76. The van der Waals surface area contributed by atoms with E-state index in [2.05, 4.69) is 0 Å². The summed E-state index contributed by atoms with van der Waals surface area (Å²) in [5.41, 5.74) is 0.582. The van der Waals surface area contributed by atoms with E-state index in [1.165, 1.54) is 12.1 Å². The van der Waals surface area contributed by atoms with Gasteiger partial charge in [-0.1, -0.05) is 0 Å². The van der Waals surface area contributed by atoms with Crippen LogP contribution in [0.4, 0.5) is 11.4 Å². The lowest BCUT2D eigenvalue weighted by molar-refractivity contribution is -0.385. The SMILES string of the molecule is N#Cc1ccc(N(CCO)C2CCC2)cc1[N+](=O)[O-]. The van der Waals surface area contributed by atoms with Gasteiger partial charge in [0.1, 0.15) is 11.6 Å². The average molecular weight is 261 g/mol. The van der Waals surface area contributed by atoms with Crippen molar-refractivity contribution >= 4 is 11.4 Å². The molecule has 6 heteroatoms. The molecule has 1 aliphatic rings. The molecule has 1 aromatic rings. The number of benzene rings is 1. The van der Waals surface area contributed by atoms with Crippen molar-refractivity contribution in [3.63, 3.8) is 0 Å². The Hall–Kier alpha value is -2.13. The number of aliphatic hydroxyl groups excluding tert-OH is 1. The molecule has 19 heavy (non-hydrogen) atoms. The fraction of sp³-hybridized carbons (Fsp3) is 0.462. The smallest absolute Gasteiger partial charge is 0.289 e. The standard InChI is InChI=1S/C13H15N3O3/c14-9-10-4-5-12(8-13(10)16(18)19)15(6-7-17)11-2-1-3-11/h4-5,8,11,17H,1-3,6-7H2. The molecule has 0 bridgehead atoms. The van der Waals surface area contributed by atoms with Crippen molar-refractivity contribution < 1.29 is 10.0 Å². The molecule has 0 radical (unpaired) electrons. The Morgan fingerprint density at radius 1 is 1.53 bits per heavy atom. The summed E-state index contributed by atoms with van der Waals surface area (Å²) >= 11 is 0. The van der Waals surface area contributed by atoms with Crippen molar-refractivity contribution in [2.24, 2.45) is 0 Å². The highest BCUT2D eigenvalue weighted by Gasteiger charge is 2.26. The second-order valence-corrected chi connectivity index (χ2v) is 4.57. The number of hydrogen-bond donors (Lipinski definition) is 1. The number of nitriles is 1. The van der Waals surface area contributed by atoms with E-state index < -0.39 is 4.92 Å². The normalized spacial score (nSPS) is 14.5. The highest BCUT2D eigenvalue weighted by molar-refractivity contribution is 5.60. The molecule has 1 N–H and O–H groups in total. The maximum atomic E-state index is 11.0. The van der Waals surface area contributed by atoms with E-state index in [0.29, 0.717) is 18.3 Å². The predicted octanol–water partition coefficient (Wildman–Crippen LogP) is 1.82. The number of nitro benzene ring substituents is 1. The Kier molecular flexibility index (Phi) is 3.97. The first-order chi connectivity index (χ1) is 9.17. The van der Waals surface area contributed by atoms with Crippen LogP contribution in [0.5, 0.6) is 0 Å². The summed E-state index contributed by atoms with van der Waals surface area (Å²) in [6.45, 7) is 0.456. The zero-order chi connectivity index (χ0) is 13.8. The Morgan fingerprint density at radius 3 is 2.74 bits per heavy atom. The van der Waals surface area contributed by atoms with Crippen LogP contribution in [0, 0.1) is 21.4 Å². The zero-order valence-electron chi connectivity index (χ0n) is 10.5. The lowest BCUT2D eigenvalue weighted by Crippen LogP contribution is -2.42. The molecule has 1 aliphatic carbocycles. The van der Waals surface area contributed by atoms with E-state index in [0.717, 1.165) is 19.3 Å². The van der Waals surface area contributed by atoms with Crippen LogP contribution in [0.25, 0.3) is 0 Å². The first-order valence-corrected chi connectivity index (χ1v) is 6.23. The topological polar surface area (TPSA) is 90.4 Å². The van der Waals surface area contributed by atoms with Gasteiger partial charge in [0.05, 0.1) is 11.5 Å². The highest BCUT2D eigenvalue weighted by atomic mass is 16.6. The first kappa shape index (κ1) is 13.3. The Labute approximate surface area is 111 Å². The van der Waals surface area contributed by atoms with E-state index in [4.69, 9.17) is 10.4 Å². The lowest BCUT2D eigenvalue weighted by Gasteiger charge is -2.38. The summed E-state index contributed by atoms with van der Waals surface area (Å²) in [6.07, 6.45) is 3.21. The summed E-state index contributed by atoms with van der Waals surface area (Å²) in [5, 5.41) is 28.9. The highest BCUT2D eigenvalue weighted by Crippen LogP contribution is 2.32. The van der Waals surface area contributed by atoms with E-state index in [9.17, 15) is 10.1 Å². The molecule has 0 aliphatic heterocycles. The molecule has 0 unspecified atom stereocenters. The van der Waals surface area contributed by atoms with Crippen molar-refractivity contribution in [1.82, 2.24) is 0 Å². The number of rotatable bonds is 5. The molecule has 1 fully saturated rings. The molecule has 0 amide bonds. The van der Waals surface area contributed by atoms with E-state index in [1.54, 1.807) is 6.07 Å². The molecule has 0 heterocycles. The molecule has 1 saturated carbocycles. The van der Waals surface area contributed by atoms with E-state index in [-0.39, 0.29) is 17.9 Å². The van der Waals surface area contributed by atoms with E-state index in [1.807, 2.05) is 11.0 Å². The van der Waals surface area contributed by atoms with Crippen LogP contribution in [0.1, 0.15) is 24.8 Å². The summed E-state index contributed by atoms with van der Waals surface area (Å²) in [4.78, 5) is 12.4. The monoisotopic (exact) mass is 261 g/mol. The van der Waals surface area contributed by atoms with Gasteiger partial charge in [-0.25, -0.2) is 0 Å². The van der Waals surface area contributed by atoms with Gasteiger partial charge < -0.3 is 10.0 Å². The average Bonchev–Trinajstić information content (AvgIpc) is 2.35. The van der Waals surface area contributed by atoms with Crippen LogP contribution >= 0.6 is 0 Å². The van der Waals surface area contributed by atoms with Crippen LogP contribution < -0.4 is 4.90 Å². The third kappa shape index (κ3) is 2.66. The van der Waals surface area contributed by atoms with Gasteiger partial charge in [-0.3, -0.25) is 10.1 Å². The molecular formula is C13H15N3O3. The van der Waals surface area contributed by atoms with Gasteiger partial charge in [0, 0.05) is 24.3 Å². The van der Waals surface area contributed by atoms with E-state index >= 15 is 0 Å². The number of hydrogen-bond acceptors (Lipinski definition) is 5. The maximum Gasteiger partial charge on any atom is 0.289 e. The number of nitrogens with zero attached hydrogens (tertiary/aromatic N) is 3. The fourth-order valence-corrected chi connectivity index (χ4v) is 2.27. The molecule has 0 spiro atoms. The lowest BCUT2D eigenvalue weighted by atomic mass is 9.91. The van der Waals surface area contributed by atoms with Crippen molar-refractivity contribution in [3.05, 3.63) is 33.9 Å². The maximum absolute atomic E-state index is 11.0. The minimum Gasteiger partial charge on any atom is -0.395 e. The minimum absolute atomic E-state index is 0.00426. The van der Waals surface area contributed by atoms with Gasteiger partial charge >= 0.3 is 0 Å². The zero-order valence-corrected chi connectivity index (χ0v) is 10.5. The first-order valence-electron chi connectivity index (χ1n) is 6.23. The Bertz CT molecular complexity index is 520. The number of nitro groups is 1. The van der Waals surface area contributed by atoms with Gasteiger partial charge in [-0.05, 0) is 31.4 Å². The second-order valence-electron chi connectivity index (χ2n) is 4.57. The Morgan fingerprint density at radius 2 is 2.26 bits per heavy atom. The van der Waals surface area contributed by atoms with Crippen LogP contribution in [0.3, 0.4) is 0 Å². The quantitative estimate of drug-likeness (QED) is 0.645. The van der Waals surface area contributed by atoms with Gasteiger partial charge in [0.25, 0.3) is 5.69 Å². The molecule has 0 aromatic heterocycles. The van der Waals surface area contributed by atoms with Gasteiger partial charge in [0.2, 0.25) is 0 Å². The predicted molar refractivity (Wildman–Crippen MR) is 69.9 cm³/mol. The van der Waals surface area contributed by atoms with Gasteiger partial charge in [-0.15, -0.1) is 0 Å².